The highest BCUT2D eigenvalue weighted by molar-refractivity contribution is 6.02. The second-order valence-corrected chi connectivity index (χ2v) is 5.30. The Balaban J connectivity index is 1.90. The van der Waals surface area contributed by atoms with Crippen LogP contribution in [0.15, 0.2) is 54.1 Å². The van der Waals surface area contributed by atoms with Gasteiger partial charge in [-0.05, 0) is 42.2 Å². The number of aryl methyl sites for hydroxylation is 1. The van der Waals surface area contributed by atoms with Gasteiger partial charge < -0.3 is 15.5 Å². The summed E-state index contributed by atoms with van der Waals surface area (Å²) in [6.07, 6.45) is 8.58. The normalized spacial score (nSPS) is 10.9. The first kappa shape index (κ1) is 17.2. The summed E-state index contributed by atoms with van der Waals surface area (Å²) < 4.78 is 0. The van der Waals surface area contributed by atoms with Gasteiger partial charge in [0.2, 0.25) is 0 Å². The molecule has 0 saturated heterocycles. The second kappa shape index (κ2) is 8.44. The number of aromatic hydroxyl groups is 2. The molecule has 2 aromatic carbocycles. The lowest BCUT2D eigenvalue weighted by molar-refractivity contribution is -0.117. The van der Waals surface area contributed by atoms with Crippen molar-refractivity contribution in [2.45, 2.75) is 12.8 Å². The van der Waals surface area contributed by atoms with Crippen molar-refractivity contribution < 1.29 is 15.0 Å². The molecule has 4 heteroatoms. The number of carbonyl (C=O) groups excluding carboxylic acids is 1. The van der Waals surface area contributed by atoms with Gasteiger partial charge in [0.1, 0.15) is 0 Å². The predicted molar refractivity (Wildman–Crippen MR) is 94.4 cm³/mol. The maximum atomic E-state index is 12.1. The molecular weight excluding hydrogens is 302 g/mol. The Hall–Kier alpha value is -3.19. The van der Waals surface area contributed by atoms with Gasteiger partial charge in [-0.1, -0.05) is 42.3 Å². The van der Waals surface area contributed by atoms with Crippen molar-refractivity contribution in [3.05, 3.63) is 65.2 Å². The Morgan fingerprint density at radius 1 is 1.12 bits per heavy atom. The van der Waals surface area contributed by atoms with Crippen LogP contribution in [0, 0.1) is 12.3 Å². The molecule has 0 aliphatic rings. The summed E-state index contributed by atoms with van der Waals surface area (Å²) >= 11 is 0. The predicted octanol–water partition coefficient (Wildman–Crippen LogP) is 2.86. The molecule has 0 spiro atoms. The number of amides is 1. The van der Waals surface area contributed by atoms with Crippen molar-refractivity contribution in [1.82, 2.24) is 5.32 Å². The Morgan fingerprint density at radius 2 is 1.88 bits per heavy atom. The number of nitrogens with one attached hydrogen (secondary N) is 1. The summed E-state index contributed by atoms with van der Waals surface area (Å²) in [6, 6.07) is 14.3. The first-order chi connectivity index (χ1) is 11.6. The first-order valence-electron chi connectivity index (χ1n) is 7.62. The van der Waals surface area contributed by atoms with E-state index in [4.69, 9.17) is 6.42 Å². The zero-order valence-corrected chi connectivity index (χ0v) is 13.2. The number of hydrogen-bond acceptors (Lipinski definition) is 3. The molecule has 0 aliphatic heterocycles. The van der Waals surface area contributed by atoms with E-state index in [1.807, 2.05) is 30.3 Å². The summed E-state index contributed by atoms with van der Waals surface area (Å²) in [5.74, 6) is 1.53. The van der Waals surface area contributed by atoms with Crippen LogP contribution in [0.4, 0.5) is 0 Å². The average Bonchev–Trinajstić information content (AvgIpc) is 2.60. The number of phenolic OH excluding ortho intramolecular Hbond substituents is 2. The van der Waals surface area contributed by atoms with E-state index < -0.39 is 0 Å². The molecule has 3 N–H and O–H groups in total. The van der Waals surface area contributed by atoms with Crippen molar-refractivity contribution in [2.24, 2.45) is 0 Å². The van der Waals surface area contributed by atoms with Crippen LogP contribution in [0.3, 0.4) is 0 Å². The summed E-state index contributed by atoms with van der Waals surface area (Å²) in [5, 5.41) is 21.6. The zero-order valence-electron chi connectivity index (χ0n) is 13.2. The van der Waals surface area contributed by atoms with Crippen LogP contribution >= 0.6 is 0 Å². The van der Waals surface area contributed by atoms with Crippen molar-refractivity contribution in [3.63, 3.8) is 0 Å². The highest BCUT2D eigenvalue weighted by atomic mass is 16.3. The van der Waals surface area contributed by atoms with E-state index in [-0.39, 0.29) is 23.0 Å². The highest BCUT2D eigenvalue weighted by Crippen LogP contribution is 2.25. The Bertz CT molecular complexity index is 773. The van der Waals surface area contributed by atoms with Crippen LogP contribution in [0.5, 0.6) is 11.5 Å². The van der Waals surface area contributed by atoms with E-state index in [1.54, 1.807) is 6.07 Å². The molecule has 0 aromatic heterocycles. The summed E-state index contributed by atoms with van der Waals surface area (Å²) in [4.78, 5) is 12.1. The molecule has 0 unspecified atom stereocenters. The smallest absolute Gasteiger partial charge is 0.259 e. The molecule has 0 fully saturated rings. The van der Waals surface area contributed by atoms with E-state index in [2.05, 4.69) is 11.2 Å². The van der Waals surface area contributed by atoms with E-state index in [9.17, 15) is 15.0 Å². The van der Waals surface area contributed by atoms with Gasteiger partial charge >= 0.3 is 0 Å². The van der Waals surface area contributed by atoms with Gasteiger partial charge in [0.25, 0.3) is 5.91 Å². The molecule has 0 aliphatic carbocycles. The highest BCUT2D eigenvalue weighted by Gasteiger charge is 2.07. The van der Waals surface area contributed by atoms with Gasteiger partial charge in [-0.3, -0.25) is 4.79 Å². The van der Waals surface area contributed by atoms with Crippen LogP contribution in [0.2, 0.25) is 0 Å². The molecule has 2 aromatic rings. The summed E-state index contributed by atoms with van der Waals surface area (Å²) in [7, 11) is 0. The van der Waals surface area contributed by atoms with Crippen molar-refractivity contribution in [1.29, 1.82) is 0 Å². The summed E-state index contributed by atoms with van der Waals surface area (Å²) in [6.45, 7) is 0.521. The lowest BCUT2D eigenvalue weighted by Gasteiger charge is -2.06. The molecule has 2 rings (SSSR count). The average molecular weight is 321 g/mol. The standard InChI is InChI=1S/C20H19NO3/c1-2-17(13-16-10-11-18(22)19(23)14-16)20(24)21-12-6-9-15-7-4-3-5-8-15/h1,3-5,7-8,10-11,13-14,22-23H,6,9,12H2,(H,21,24)/b17-13+. The van der Waals surface area contributed by atoms with E-state index in [1.165, 1.54) is 23.8 Å². The SMILES string of the molecule is C#C/C(=C\c1ccc(O)c(O)c1)C(=O)NCCCc1ccccc1. The van der Waals surface area contributed by atoms with Crippen LogP contribution < -0.4 is 5.32 Å². The van der Waals surface area contributed by atoms with Crippen LogP contribution in [-0.2, 0) is 11.2 Å². The number of benzene rings is 2. The number of rotatable bonds is 6. The maximum absolute atomic E-state index is 12.1. The molecule has 0 saturated carbocycles. The second-order valence-electron chi connectivity index (χ2n) is 5.30. The van der Waals surface area contributed by atoms with Gasteiger partial charge in [-0.25, -0.2) is 0 Å². The van der Waals surface area contributed by atoms with E-state index in [0.717, 1.165) is 12.8 Å². The third kappa shape index (κ3) is 4.92. The molecule has 0 heterocycles. The van der Waals surface area contributed by atoms with Crippen molar-refractivity contribution in [2.75, 3.05) is 6.54 Å². The van der Waals surface area contributed by atoms with Gasteiger partial charge in [-0.2, -0.15) is 0 Å². The first-order valence-corrected chi connectivity index (χ1v) is 7.62. The number of terminal acetylenes is 1. The van der Waals surface area contributed by atoms with E-state index >= 15 is 0 Å². The largest absolute Gasteiger partial charge is 0.504 e. The molecule has 4 nitrogen and oxygen atoms in total. The fourth-order valence-corrected chi connectivity index (χ4v) is 2.20. The van der Waals surface area contributed by atoms with Gasteiger partial charge in [0.05, 0.1) is 5.57 Å². The minimum atomic E-state index is -0.335. The fraction of sp³-hybridized carbons (Fsp3) is 0.150. The van der Waals surface area contributed by atoms with Crippen molar-refractivity contribution >= 4 is 12.0 Å². The van der Waals surface area contributed by atoms with Crippen LogP contribution in [0.25, 0.3) is 6.08 Å². The maximum Gasteiger partial charge on any atom is 0.259 e. The lowest BCUT2D eigenvalue weighted by atomic mass is 10.1. The molecular formula is C20H19NO3. The van der Waals surface area contributed by atoms with Gasteiger partial charge in [-0.15, -0.1) is 6.42 Å². The zero-order chi connectivity index (χ0) is 17.4. The number of phenols is 2. The monoisotopic (exact) mass is 321 g/mol. The number of carbonyl (C=O) groups is 1. The van der Waals surface area contributed by atoms with Gasteiger partial charge in [0, 0.05) is 6.54 Å². The van der Waals surface area contributed by atoms with Gasteiger partial charge in [0.15, 0.2) is 11.5 Å². The molecule has 0 atom stereocenters. The molecule has 24 heavy (non-hydrogen) atoms. The van der Waals surface area contributed by atoms with Crippen molar-refractivity contribution in [3.8, 4) is 23.8 Å². The van der Waals surface area contributed by atoms with Crippen LogP contribution in [-0.4, -0.2) is 22.7 Å². The molecule has 0 radical (unpaired) electrons. The Labute approximate surface area is 141 Å². The minimum absolute atomic E-state index is 0.166. The fourth-order valence-electron chi connectivity index (χ4n) is 2.20. The molecule has 1 amide bonds. The topological polar surface area (TPSA) is 69.6 Å². The lowest BCUT2D eigenvalue weighted by Crippen LogP contribution is -2.25. The quantitative estimate of drug-likeness (QED) is 0.332. The third-order valence-corrected chi connectivity index (χ3v) is 3.48. The van der Waals surface area contributed by atoms with E-state index in [0.29, 0.717) is 12.1 Å². The molecule has 0 bridgehead atoms. The Kier molecular flexibility index (Phi) is 6.04. The third-order valence-electron chi connectivity index (χ3n) is 3.48. The molecule has 122 valence electrons. The minimum Gasteiger partial charge on any atom is -0.504 e. The Morgan fingerprint density at radius 3 is 2.54 bits per heavy atom. The number of hydrogen-bond donors (Lipinski definition) is 3. The van der Waals surface area contributed by atoms with Crippen LogP contribution in [0.1, 0.15) is 17.5 Å². The summed E-state index contributed by atoms with van der Waals surface area (Å²) in [5.41, 5.74) is 1.93.